The summed E-state index contributed by atoms with van der Waals surface area (Å²) in [6, 6.07) is 0. The molecule has 0 aliphatic heterocycles. The average Bonchev–Trinajstić information content (AvgIpc) is 2.16. The van der Waals surface area contributed by atoms with Crippen LogP contribution in [0.25, 0.3) is 0 Å². The van der Waals surface area contributed by atoms with Crippen molar-refractivity contribution in [3.05, 3.63) is 22.5 Å². The van der Waals surface area contributed by atoms with E-state index in [1.165, 1.54) is 13.8 Å². The Bertz CT molecular complexity index is 402. The molecule has 0 aliphatic rings. The van der Waals surface area contributed by atoms with Crippen molar-refractivity contribution in [2.75, 3.05) is 0 Å². The third-order valence-corrected chi connectivity index (χ3v) is 2.45. The Morgan fingerprint density at radius 2 is 1.93 bits per heavy atom. The van der Waals surface area contributed by atoms with E-state index in [4.69, 9.17) is 5.11 Å². The third-order valence-electron chi connectivity index (χ3n) is 2.13. The first-order valence-corrected chi connectivity index (χ1v) is 4.60. The van der Waals surface area contributed by atoms with E-state index in [-0.39, 0.29) is 16.9 Å². The number of carboxylic acids is 1. The van der Waals surface area contributed by atoms with Gasteiger partial charge in [0.1, 0.15) is 11.3 Å². The van der Waals surface area contributed by atoms with Crippen molar-refractivity contribution in [3.63, 3.8) is 0 Å². The Morgan fingerprint density at radius 1 is 1.40 bits per heavy atom. The van der Waals surface area contributed by atoms with Gasteiger partial charge >= 0.3 is 5.97 Å². The molecule has 0 heterocycles. The predicted octanol–water partition coefficient (Wildman–Crippen LogP) is 2.54. The van der Waals surface area contributed by atoms with Gasteiger partial charge in [-0.25, -0.2) is 9.18 Å². The van der Waals surface area contributed by atoms with Crippen LogP contribution < -0.4 is 3.83 Å². The van der Waals surface area contributed by atoms with Crippen LogP contribution in [-0.4, -0.2) is 16.2 Å². The van der Waals surface area contributed by atoms with E-state index in [0.717, 1.165) is 0 Å². The lowest BCUT2D eigenvalue weighted by Crippen LogP contribution is -2.05. The fourth-order valence-electron chi connectivity index (χ4n) is 1.27. The Balaban J connectivity index is 3.66. The molecule has 0 saturated carbocycles. The van der Waals surface area contributed by atoms with Gasteiger partial charge in [-0.2, -0.15) is 0 Å². The van der Waals surface area contributed by atoms with Crippen LogP contribution >= 0.6 is 16.3 Å². The van der Waals surface area contributed by atoms with Gasteiger partial charge in [-0.3, -0.25) is 0 Å². The number of benzene rings is 1. The van der Waals surface area contributed by atoms with E-state index < -0.39 is 23.1 Å². The topological polar surface area (TPSA) is 66.8 Å². The summed E-state index contributed by atoms with van der Waals surface area (Å²) in [6.07, 6.45) is 0. The Morgan fingerprint density at radius 3 is 2.33 bits per heavy atom. The molecule has 0 radical (unpaired) electrons. The van der Waals surface area contributed by atoms with Crippen LogP contribution in [0.4, 0.5) is 4.39 Å². The van der Waals surface area contributed by atoms with Gasteiger partial charge in [0, 0.05) is 11.1 Å². The molecular formula is C9H8BrFO4. The lowest BCUT2D eigenvalue weighted by Gasteiger charge is -2.12. The van der Waals surface area contributed by atoms with Gasteiger partial charge in [0.25, 0.3) is 0 Å². The third kappa shape index (κ3) is 1.77. The molecule has 0 amide bonds. The summed E-state index contributed by atoms with van der Waals surface area (Å²) < 4.78 is 18.1. The lowest BCUT2D eigenvalue weighted by atomic mass is 10.0. The molecular weight excluding hydrogens is 271 g/mol. The normalized spacial score (nSPS) is 10.1. The number of hydrogen-bond donors (Lipinski definition) is 2. The zero-order chi connectivity index (χ0) is 11.7. The fraction of sp³-hybridized carbons (Fsp3) is 0.222. The van der Waals surface area contributed by atoms with Crippen molar-refractivity contribution < 1.29 is 23.2 Å². The summed E-state index contributed by atoms with van der Waals surface area (Å²) in [4.78, 5) is 10.8. The highest BCUT2D eigenvalue weighted by atomic mass is 79.9. The first-order valence-electron chi connectivity index (χ1n) is 3.95. The summed E-state index contributed by atoms with van der Waals surface area (Å²) in [7, 11) is 0. The maximum Gasteiger partial charge on any atom is 0.339 e. The summed E-state index contributed by atoms with van der Waals surface area (Å²) >= 11 is 2.59. The van der Waals surface area contributed by atoms with Gasteiger partial charge in [-0.05, 0) is 13.8 Å². The second-order valence-electron chi connectivity index (χ2n) is 3.00. The Hall–Kier alpha value is -1.30. The average molecular weight is 279 g/mol. The molecule has 2 N–H and O–H groups in total. The molecule has 1 rings (SSSR count). The van der Waals surface area contributed by atoms with Crippen LogP contribution in [-0.2, 0) is 0 Å². The molecule has 0 aliphatic carbocycles. The van der Waals surface area contributed by atoms with Crippen molar-refractivity contribution in [2.24, 2.45) is 0 Å². The Kier molecular flexibility index (Phi) is 3.18. The molecule has 0 saturated heterocycles. The molecule has 0 atom stereocenters. The van der Waals surface area contributed by atoms with E-state index in [2.05, 4.69) is 20.1 Å². The number of rotatable bonds is 2. The van der Waals surface area contributed by atoms with Gasteiger partial charge in [0.2, 0.25) is 0 Å². The number of phenols is 1. The van der Waals surface area contributed by atoms with Crippen LogP contribution in [0.2, 0.25) is 0 Å². The number of carboxylic acid groups (broad SMARTS) is 1. The zero-order valence-corrected chi connectivity index (χ0v) is 9.55. The molecule has 0 aromatic heterocycles. The van der Waals surface area contributed by atoms with Crippen LogP contribution in [0.1, 0.15) is 21.5 Å². The smallest absolute Gasteiger partial charge is 0.339 e. The number of aromatic carboxylic acids is 1. The zero-order valence-electron chi connectivity index (χ0n) is 7.97. The summed E-state index contributed by atoms with van der Waals surface area (Å²) in [6.45, 7) is 2.62. The standard InChI is InChI=1S/C9H8BrFO4/c1-3-5(9(13)14)7(12)4(2)8(15-10)6(3)11/h12H,1-2H3,(H,13,14). The summed E-state index contributed by atoms with van der Waals surface area (Å²) in [5, 5.41) is 18.3. The minimum absolute atomic E-state index is 0.0346. The molecule has 1 aromatic rings. The monoisotopic (exact) mass is 278 g/mol. The molecule has 4 nitrogen and oxygen atoms in total. The maximum atomic E-state index is 13.5. The fourth-order valence-corrected chi connectivity index (χ4v) is 1.66. The maximum absolute atomic E-state index is 13.5. The van der Waals surface area contributed by atoms with E-state index in [9.17, 15) is 14.3 Å². The second kappa shape index (κ2) is 4.06. The number of aromatic hydroxyl groups is 1. The van der Waals surface area contributed by atoms with Gasteiger partial charge in [-0.15, -0.1) is 0 Å². The number of carbonyl (C=O) groups is 1. The minimum Gasteiger partial charge on any atom is -0.507 e. The molecule has 0 spiro atoms. The molecule has 0 fully saturated rings. The molecule has 0 bridgehead atoms. The van der Waals surface area contributed by atoms with E-state index in [0.29, 0.717) is 0 Å². The Labute approximate surface area is 93.7 Å². The highest BCUT2D eigenvalue weighted by molar-refractivity contribution is 9.06. The largest absolute Gasteiger partial charge is 0.507 e. The van der Waals surface area contributed by atoms with E-state index in [1.807, 2.05) is 0 Å². The first-order chi connectivity index (χ1) is 6.91. The van der Waals surface area contributed by atoms with Crippen LogP contribution in [0.5, 0.6) is 11.5 Å². The highest BCUT2D eigenvalue weighted by Crippen LogP contribution is 2.37. The van der Waals surface area contributed by atoms with Gasteiger partial charge < -0.3 is 14.0 Å². The van der Waals surface area contributed by atoms with Crippen molar-refractivity contribution in [1.29, 1.82) is 0 Å². The van der Waals surface area contributed by atoms with Crippen molar-refractivity contribution in [1.82, 2.24) is 0 Å². The van der Waals surface area contributed by atoms with E-state index >= 15 is 0 Å². The molecule has 15 heavy (non-hydrogen) atoms. The van der Waals surface area contributed by atoms with Crippen molar-refractivity contribution in [2.45, 2.75) is 13.8 Å². The number of hydrogen-bond acceptors (Lipinski definition) is 3. The van der Waals surface area contributed by atoms with Crippen molar-refractivity contribution >= 4 is 22.2 Å². The quantitative estimate of drug-likeness (QED) is 0.873. The molecule has 1 aromatic carbocycles. The number of halogens is 2. The highest BCUT2D eigenvalue weighted by Gasteiger charge is 2.24. The van der Waals surface area contributed by atoms with Crippen LogP contribution in [0.15, 0.2) is 0 Å². The van der Waals surface area contributed by atoms with Crippen LogP contribution in [0, 0.1) is 19.7 Å². The first kappa shape index (κ1) is 11.8. The lowest BCUT2D eigenvalue weighted by molar-refractivity contribution is 0.0692. The van der Waals surface area contributed by atoms with Crippen molar-refractivity contribution in [3.8, 4) is 11.5 Å². The molecule has 82 valence electrons. The summed E-state index contributed by atoms with van der Waals surface area (Å²) in [5.74, 6) is -2.89. The van der Waals surface area contributed by atoms with E-state index in [1.54, 1.807) is 0 Å². The molecule has 6 heteroatoms. The SMILES string of the molecule is Cc1c(O)c(C(=O)O)c(C)c(F)c1OBr. The summed E-state index contributed by atoms with van der Waals surface area (Å²) in [5.41, 5.74) is -0.578. The van der Waals surface area contributed by atoms with Crippen LogP contribution in [0.3, 0.4) is 0 Å². The predicted molar refractivity (Wildman–Crippen MR) is 54.1 cm³/mol. The minimum atomic E-state index is -1.38. The van der Waals surface area contributed by atoms with Gasteiger partial charge in [0.05, 0.1) is 0 Å². The van der Waals surface area contributed by atoms with Gasteiger partial charge in [-0.1, -0.05) is 0 Å². The van der Waals surface area contributed by atoms with Gasteiger partial charge in [0.15, 0.2) is 27.8 Å². The molecule has 0 unspecified atom stereocenters. The second-order valence-corrected chi connectivity index (χ2v) is 3.32.